The zero-order valence-electron chi connectivity index (χ0n) is 15.9. The van der Waals surface area contributed by atoms with E-state index in [9.17, 15) is 4.79 Å². The van der Waals surface area contributed by atoms with Gasteiger partial charge in [0.05, 0.1) is 0 Å². The van der Waals surface area contributed by atoms with E-state index < -0.39 is 0 Å². The number of nitrogens with zero attached hydrogens (tertiary/aromatic N) is 3. The van der Waals surface area contributed by atoms with Crippen molar-refractivity contribution in [2.45, 2.75) is 19.8 Å². The van der Waals surface area contributed by atoms with Gasteiger partial charge in [-0.05, 0) is 37.1 Å². The molecule has 1 aliphatic rings. The molecule has 1 saturated heterocycles. The van der Waals surface area contributed by atoms with Crippen LogP contribution in [0.3, 0.4) is 0 Å². The number of carbonyl (C=O) groups is 1. The van der Waals surface area contributed by atoms with E-state index in [4.69, 9.17) is 9.97 Å². The molecule has 2 N–H and O–H groups in total. The highest BCUT2D eigenvalue weighted by molar-refractivity contribution is 5.88. The summed E-state index contributed by atoms with van der Waals surface area (Å²) in [4.78, 5) is 23.0. The van der Waals surface area contributed by atoms with Gasteiger partial charge in [0.1, 0.15) is 11.6 Å². The molecule has 2 heterocycles. The smallest absolute Gasteiger partial charge is 0.221 e. The second kappa shape index (κ2) is 8.08. The highest BCUT2D eigenvalue weighted by Gasteiger charge is 2.16. The van der Waals surface area contributed by atoms with Gasteiger partial charge in [-0.2, -0.15) is 0 Å². The molecule has 3 aromatic rings. The SMILES string of the molecule is CC(=O)Nc1ccc(Nc2cc(N3CCCC3)nc(-c3ccccc3)n2)cc1. The number of nitrogens with one attached hydrogen (secondary N) is 2. The fourth-order valence-corrected chi connectivity index (χ4v) is 3.31. The second-order valence-corrected chi connectivity index (χ2v) is 6.88. The maximum atomic E-state index is 11.2. The van der Waals surface area contributed by atoms with Crippen LogP contribution in [0.15, 0.2) is 60.7 Å². The fraction of sp³-hybridized carbons (Fsp3) is 0.227. The van der Waals surface area contributed by atoms with Crippen molar-refractivity contribution in [2.24, 2.45) is 0 Å². The summed E-state index contributed by atoms with van der Waals surface area (Å²) < 4.78 is 0. The van der Waals surface area contributed by atoms with E-state index in [2.05, 4.69) is 15.5 Å². The van der Waals surface area contributed by atoms with Gasteiger partial charge >= 0.3 is 0 Å². The van der Waals surface area contributed by atoms with E-state index in [1.165, 1.54) is 19.8 Å². The summed E-state index contributed by atoms with van der Waals surface area (Å²) >= 11 is 0. The highest BCUT2D eigenvalue weighted by Crippen LogP contribution is 2.27. The van der Waals surface area contributed by atoms with Crippen molar-refractivity contribution in [1.29, 1.82) is 0 Å². The predicted molar refractivity (Wildman–Crippen MR) is 113 cm³/mol. The Morgan fingerprint density at radius 1 is 0.929 bits per heavy atom. The first-order chi connectivity index (χ1) is 13.7. The molecule has 0 bridgehead atoms. The highest BCUT2D eigenvalue weighted by atomic mass is 16.1. The van der Waals surface area contributed by atoms with Gasteiger partial charge in [0.2, 0.25) is 5.91 Å². The summed E-state index contributed by atoms with van der Waals surface area (Å²) in [6.07, 6.45) is 2.39. The summed E-state index contributed by atoms with van der Waals surface area (Å²) in [5, 5.41) is 6.14. The third kappa shape index (κ3) is 4.28. The van der Waals surface area contributed by atoms with Gasteiger partial charge in [0.15, 0.2) is 5.82 Å². The Kier molecular flexibility index (Phi) is 5.19. The molecular formula is C22H23N5O. The molecule has 6 nitrogen and oxygen atoms in total. The maximum Gasteiger partial charge on any atom is 0.221 e. The van der Waals surface area contributed by atoms with Gasteiger partial charge in [0.25, 0.3) is 0 Å². The van der Waals surface area contributed by atoms with Crippen molar-refractivity contribution >= 4 is 28.9 Å². The van der Waals surface area contributed by atoms with Gasteiger partial charge in [-0.3, -0.25) is 4.79 Å². The number of aromatic nitrogens is 2. The van der Waals surface area contributed by atoms with E-state index in [-0.39, 0.29) is 5.91 Å². The average Bonchev–Trinajstić information content (AvgIpc) is 3.25. The molecule has 2 aromatic carbocycles. The molecule has 1 fully saturated rings. The second-order valence-electron chi connectivity index (χ2n) is 6.88. The minimum Gasteiger partial charge on any atom is -0.356 e. The number of carbonyl (C=O) groups excluding carboxylic acids is 1. The van der Waals surface area contributed by atoms with Crippen molar-refractivity contribution < 1.29 is 4.79 Å². The van der Waals surface area contributed by atoms with Crippen molar-refractivity contribution in [1.82, 2.24) is 9.97 Å². The standard InChI is InChI=1S/C22H23N5O/c1-16(28)23-18-9-11-19(12-10-18)24-20-15-21(27-13-5-6-14-27)26-22(25-20)17-7-3-2-4-8-17/h2-4,7-12,15H,5-6,13-14H2,1H3,(H,23,28)(H,24,25,26). The molecule has 0 unspecified atom stereocenters. The van der Waals surface area contributed by atoms with Gasteiger partial charge in [-0.1, -0.05) is 30.3 Å². The van der Waals surface area contributed by atoms with E-state index in [0.717, 1.165) is 41.7 Å². The third-order valence-electron chi connectivity index (χ3n) is 4.65. The first-order valence-corrected chi connectivity index (χ1v) is 9.51. The zero-order chi connectivity index (χ0) is 19.3. The largest absolute Gasteiger partial charge is 0.356 e. The Morgan fingerprint density at radius 2 is 1.61 bits per heavy atom. The Balaban J connectivity index is 1.63. The molecular weight excluding hydrogens is 350 g/mol. The Bertz CT molecular complexity index is 950. The average molecular weight is 373 g/mol. The number of amides is 1. The van der Waals surface area contributed by atoms with E-state index in [1.54, 1.807) is 0 Å². The molecule has 28 heavy (non-hydrogen) atoms. The Labute approximate surface area is 164 Å². The van der Waals surface area contributed by atoms with Crippen LogP contribution in [0.4, 0.5) is 23.0 Å². The van der Waals surface area contributed by atoms with Crippen LogP contribution in [-0.4, -0.2) is 29.0 Å². The maximum absolute atomic E-state index is 11.2. The molecule has 142 valence electrons. The third-order valence-corrected chi connectivity index (χ3v) is 4.65. The molecule has 0 aliphatic carbocycles. The molecule has 6 heteroatoms. The van der Waals surface area contributed by atoms with Crippen LogP contribution in [0.1, 0.15) is 19.8 Å². The van der Waals surface area contributed by atoms with Gasteiger partial charge < -0.3 is 15.5 Å². The van der Waals surface area contributed by atoms with Crippen LogP contribution in [0.2, 0.25) is 0 Å². The molecule has 0 saturated carbocycles. The zero-order valence-corrected chi connectivity index (χ0v) is 15.9. The van der Waals surface area contributed by atoms with Gasteiger partial charge in [0, 0.05) is 43.0 Å². The number of rotatable bonds is 5. The lowest BCUT2D eigenvalue weighted by Gasteiger charge is -2.18. The molecule has 1 aliphatic heterocycles. The minimum atomic E-state index is -0.0840. The summed E-state index contributed by atoms with van der Waals surface area (Å²) in [5.74, 6) is 2.33. The summed E-state index contributed by atoms with van der Waals surface area (Å²) in [5.41, 5.74) is 2.66. The molecule has 1 amide bonds. The van der Waals surface area contributed by atoms with Crippen LogP contribution in [0.25, 0.3) is 11.4 Å². The molecule has 0 atom stereocenters. The first kappa shape index (κ1) is 18.0. The monoisotopic (exact) mass is 373 g/mol. The quantitative estimate of drug-likeness (QED) is 0.692. The normalized spacial score (nSPS) is 13.4. The van der Waals surface area contributed by atoms with Crippen molar-refractivity contribution in [3.63, 3.8) is 0 Å². The Morgan fingerprint density at radius 3 is 2.29 bits per heavy atom. The van der Waals surface area contributed by atoms with Crippen LogP contribution < -0.4 is 15.5 Å². The molecule has 1 aromatic heterocycles. The van der Waals surface area contributed by atoms with Gasteiger partial charge in [-0.15, -0.1) is 0 Å². The van der Waals surface area contributed by atoms with Crippen molar-refractivity contribution in [2.75, 3.05) is 28.6 Å². The first-order valence-electron chi connectivity index (χ1n) is 9.51. The fourth-order valence-electron chi connectivity index (χ4n) is 3.31. The van der Waals surface area contributed by atoms with Crippen molar-refractivity contribution in [3.8, 4) is 11.4 Å². The number of hydrogen-bond acceptors (Lipinski definition) is 5. The summed E-state index contributed by atoms with van der Waals surface area (Å²) in [6, 6.07) is 19.6. The van der Waals surface area contributed by atoms with Gasteiger partial charge in [-0.25, -0.2) is 9.97 Å². The number of benzene rings is 2. The van der Waals surface area contributed by atoms with E-state index in [0.29, 0.717) is 5.82 Å². The van der Waals surface area contributed by atoms with Crippen LogP contribution in [0, 0.1) is 0 Å². The summed E-state index contributed by atoms with van der Waals surface area (Å²) in [7, 11) is 0. The molecule has 0 radical (unpaired) electrons. The van der Waals surface area contributed by atoms with Crippen LogP contribution >= 0.6 is 0 Å². The van der Waals surface area contributed by atoms with E-state index in [1.807, 2.05) is 60.7 Å². The van der Waals surface area contributed by atoms with E-state index >= 15 is 0 Å². The predicted octanol–water partition coefficient (Wildman–Crippen LogP) is 4.45. The van der Waals surface area contributed by atoms with Crippen molar-refractivity contribution in [3.05, 3.63) is 60.7 Å². The van der Waals surface area contributed by atoms with Crippen LogP contribution in [-0.2, 0) is 4.79 Å². The summed E-state index contributed by atoms with van der Waals surface area (Å²) in [6.45, 7) is 3.55. The lowest BCUT2D eigenvalue weighted by atomic mass is 10.2. The topological polar surface area (TPSA) is 70.2 Å². The number of hydrogen-bond donors (Lipinski definition) is 2. The lowest BCUT2D eigenvalue weighted by molar-refractivity contribution is -0.114. The van der Waals surface area contributed by atoms with Crippen LogP contribution in [0.5, 0.6) is 0 Å². The molecule has 0 spiro atoms. The molecule has 4 rings (SSSR count). The minimum absolute atomic E-state index is 0.0840. The lowest BCUT2D eigenvalue weighted by Crippen LogP contribution is -2.19. The Hall–Kier alpha value is -3.41. The number of anilines is 4.